The third-order valence-corrected chi connectivity index (χ3v) is 4.87. The average molecular weight is 338 g/mol. The van der Waals surface area contributed by atoms with E-state index in [9.17, 15) is 4.79 Å². The Bertz CT molecular complexity index is 689. The predicted octanol–water partition coefficient (Wildman–Crippen LogP) is 2.68. The number of carbonyl (C=O) groups excluding carboxylic acids is 1. The van der Waals surface area contributed by atoms with Crippen LogP contribution in [0.4, 0.5) is 0 Å². The topological polar surface area (TPSA) is 58.1 Å². The first-order valence-electron chi connectivity index (χ1n) is 9.04. The Kier molecular flexibility index (Phi) is 6.12. The maximum atomic E-state index is 11.7. The van der Waals surface area contributed by atoms with Crippen LogP contribution in [0.1, 0.15) is 41.0 Å². The molecule has 0 aliphatic carbocycles. The molecule has 1 aliphatic rings. The van der Waals surface area contributed by atoms with Gasteiger partial charge in [-0.3, -0.25) is 9.69 Å². The smallest absolute Gasteiger partial charge is 0.269 e. The van der Waals surface area contributed by atoms with Crippen molar-refractivity contribution in [3.05, 3.63) is 59.7 Å². The van der Waals surface area contributed by atoms with Crippen molar-refractivity contribution in [2.75, 3.05) is 20.1 Å². The summed E-state index contributed by atoms with van der Waals surface area (Å²) in [4.78, 5) is 22.7. The Balaban J connectivity index is 1.55. The summed E-state index contributed by atoms with van der Waals surface area (Å²) in [6.45, 7) is 3.30. The van der Waals surface area contributed by atoms with Crippen molar-refractivity contribution in [2.24, 2.45) is 5.92 Å². The summed E-state index contributed by atoms with van der Waals surface area (Å²) in [5.74, 6) is 0.465. The van der Waals surface area contributed by atoms with Crippen molar-refractivity contribution < 1.29 is 4.79 Å². The fourth-order valence-electron chi connectivity index (χ4n) is 3.49. The van der Waals surface area contributed by atoms with Gasteiger partial charge in [-0.2, -0.15) is 0 Å². The van der Waals surface area contributed by atoms with Crippen LogP contribution in [0.5, 0.6) is 0 Å². The number of hydrogen-bond acceptors (Lipinski definition) is 4. The number of amides is 1. The number of likely N-dealkylation sites (tertiary alicyclic amines) is 1. The molecule has 1 aromatic heterocycles. The van der Waals surface area contributed by atoms with Crippen LogP contribution in [-0.2, 0) is 13.0 Å². The number of nitrogens with one attached hydrogen (secondary N) is 1. The predicted molar refractivity (Wildman–Crippen MR) is 98.2 cm³/mol. The number of carbonyl (C=O) groups is 1. The van der Waals surface area contributed by atoms with Crippen molar-refractivity contribution in [3.8, 4) is 0 Å². The lowest BCUT2D eigenvalue weighted by Gasteiger charge is -2.20. The second kappa shape index (κ2) is 8.72. The Hall–Kier alpha value is -2.27. The molecule has 5 nitrogen and oxygen atoms in total. The van der Waals surface area contributed by atoms with E-state index in [4.69, 9.17) is 0 Å². The van der Waals surface area contributed by atoms with E-state index >= 15 is 0 Å². The summed E-state index contributed by atoms with van der Waals surface area (Å²) < 4.78 is 0. The van der Waals surface area contributed by atoms with E-state index in [2.05, 4.69) is 50.5 Å². The van der Waals surface area contributed by atoms with Gasteiger partial charge in [-0.15, -0.1) is 0 Å². The summed E-state index contributed by atoms with van der Waals surface area (Å²) in [5.41, 5.74) is 2.80. The summed E-state index contributed by atoms with van der Waals surface area (Å²) in [5, 5.41) is 2.62. The minimum atomic E-state index is -0.154. The van der Waals surface area contributed by atoms with Crippen LogP contribution in [-0.4, -0.2) is 40.9 Å². The van der Waals surface area contributed by atoms with E-state index in [1.807, 2.05) is 6.07 Å². The Morgan fingerprint density at radius 2 is 2.04 bits per heavy atom. The van der Waals surface area contributed by atoms with E-state index in [0.717, 1.165) is 31.7 Å². The molecule has 132 valence electrons. The summed E-state index contributed by atoms with van der Waals surface area (Å²) in [7, 11) is 1.62. The highest BCUT2D eigenvalue weighted by atomic mass is 16.1. The molecule has 0 saturated carbocycles. The largest absolute Gasteiger partial charge is 0.354 e. The molecule has 1 saturated heterocycles. The Morgan fingerprint density at radius 3 is 2.84 bits per heavy atom. The zero-order valence-corrected chi connectivity index (χ0v) is 14.8. The lowest BCUT2D eigenvalue weighted by atomic mass is 9.95. The molecule has 1 aliphatic heterocycles. The van der Waals surface area contributed by atoms with Crippen LogP contribution in [0, 0.1) is 5.92 Å². The van der Waals surface area contributed by atoms with Gasteiger partial charge in [0.2, 0.25) is 0 Å². The molecule has 25 heavy (non-hydrogen) atoms. The zero-order chi connectivity index (χ0) is 17.5. The number of nitrogens with zero attached hydrogens (tertiary/aromatic N) is 3. The van der Waals surface area contributed by atoms with Gasteiger partial charge in [0, 0.05) is 19.3 Å². The number of rotatable bonds is 5. The van der Waals surface area contributed by atoms with E-state index < -0.39 is 0 Å². The Labute approximate surface area is 149 Å². The average Bonchev–Trinajstić information content (AvgIpc) is 2.87. The van der Waals surface area contributed by atoms with Crippen molar-refractivity contribution in [2.45, 2.75) is 32.2 Å². The standard InChI is InChI=1S/C20H26N4O/c1-21-20(25)19-13-18(22-15-23-19)12-16-8-5-10-24(11-9-16)14-17-6-3-2-4-7-17/h2-4,6-7,13,15-16H,5,8-12,14H2,1H3,(H,21,25)/t16-/m0/s1. The van der Waals surface area contributed by atoms with Crippen molar-refractivity contribution >= 4 is 5.91 Å². The highest BCUT2D eigenvalue weighted by Crippen LogP contribution is 2.22. The second-order valence-corrected chi connectivity index (χ2v) is 6.74. The molecule has 2 aromatic rings. The van der Waals surface area contributed by atoms with Crippen LogP contribution < -0.4 is 5.32 Å². The Morgan fingerprint density at radius 1 is 1.20 bits per heavy atom. The summed E-state index contributed by atoms with van der Waals surface area (Å²) in [6.07, 6.45) is 6.02. The summed E-state index contributed by atoms with van der Waals surface area (Å²) in [6, 6.07) is 12.5. The molecular formula is C20H26N4O. The van der Waals surface area contributed by atoms with Gasteiger partial charge in [-0.1, -0.05) is 30.3 Å². The van der Waals surface area contributed by atoms with E-state index in [1.165, 1.54) is 31.2 Å². The first-order chi connectivity index (χ1) is 12.2. The van der Waals surface area contributed by atoms with E-state index in [-0.39, 0.29) is 5.91 Å². The minimum Gasteiger partial charge on any atom is -0.354 e. The van der Waals surface area contributed by atoms with Crippen LogP contribution in [0.2, 0.25) is 0 Å². The maximum absolute atomic E-state index is 11.7. The molecule has 1 amide bonds. The number of aromatic nitrogens is 2. The van der Waals surface area contributed by atoms with Gasteiger partial charge in [0.05, 0.1) is 0 Å². The second-order valence-electron chi connectivity index (χ2n) is 6.74. The van der Waals surface area contributed by atoms with Gasteiger partial charge in [0.1, 0.15) is 12.0 Å². The SMILES string of the molecule is CNC(=O)c1cc(C[C@H]2CCCN(Cc3ccccc3)CC2)ncn1. The number of benzene rings is 1. The fourth-order valence-corrected chi connectivity index (χ4v) is 3.49. The fraction of sp³-hybridized carbons (Fsp3) is 0.450. The van der Waals surface area contributed by atoms with Crippen molar-refractivity contribution in [3.63, 3.8) is 0 Å². The molecular weight excluding hydrogens is 312 g/mol. The normalized spacial score (nSPS) is 18.5. The van der Waals surface area contributed by atoms with Crippen LogP contribution >= 0.6 is 0 Å². The van der Waals surface area contributed by atoms with Crippen LogP contribution in [0.15, 0.2) is 42.7 Å². The number of hydrogen-bond donors (Lipinski definition) is 1. The quantitative estimate of drug-likeness (QED) is 0.911. The molecule has 0 spiro atoms. The van der Waals surface area contributed by atoms with E-state index in [0.29, 0.717) is 11.6 Å². The van der Waals surface area contributed by atoms with Gasteiger partial charge in [0.15, 0.2) is 0 Å². The molecule has 1 atom stereocenters. The maximum Gasteiger partial charge on any atom is 0.269 e. The zero-order valence-electron chi connectivity index (χ0n) is 14.8. The van der Waals surface area contributed by atoms with Crippen molar-refractivity contribution in [1.82, 2.24) is 20.2 Å². The first-order valence-corrected chi connectivity index (χ1v) is 9.04. The molecule has 0 radical (unpaired) electrons. The third kappa shape index (κ3) is 5.10. The monoisotopic (exact) mass is 338 g/mol. The molecule has 0 bridgehead atoms. The van der Waals surface area contributed by atoms with Gasteiger partial charge in [-0.25, -0.2) is 9.97 Å². The first kappa shape index (κ1) is 17.5. The van der Waals surface area contributed by atoms with Gasteiger partial charge < -0.3 is 5.32 Å². The van der Waals surface area contributed by atoms with Gasteiger partial charge in [0.25, 0.3) is 5.91 Å². The third-order valence-electron chi connectivity index (χ3n) is 4.87. The molecule has 2 heterocycles. The highest BCUT2D eigenvalue weighted by Gasteiger charge is 2.18. The minimum absolute atomic E-state index is 0.154. The molecule has 0 unspecified atom stereocenters. The molecule has 1 fully saturated rings. The van der Waals surface area contributed by atoms with E-state index in [1.54, 1.807) is 7.05 Å². The molecule has 5 heteroatoms. The lowest BCUT2D eigenvalue weighted by Crippen LogP contribution is -2.24. The molecule has 1 aromatic carbocycles. The van der Waals surface area contributed by atoms with Gasteiger partial charge in [-0.05, 0) is 56.3 Å². The van der Waals surface area contributed by atoms with Crippen LogP contribution in [0.3, 0.4) is 0 Å². The summed E-state index contributed by atoms with van der Waals surface area (Å²) >= 11 is 0. The lowest BCUT2D eigenvalue weighted by molar-refractivity contribution is 0.0958. The highest BCUT2D eigenvalue weighted by molar-refractivity contribution is 5.91. The van der Waals surface area contributed by atoms with Crippen LogP contribution in [0.25, 0.3) is 0 Å². The van der Waals surface area contributed by atoms with Crippen molar-refractivity contribution in [1.29, 1.82) is 0 Å². The molecule has 3 rings (SSSR count). The molecule has 1 N–H and O–H groups in total. The van der Waals surface area contributed by atoms with Gasteiger partial charge >= 0.3 is 0 Å².